The molecule has 2 rings (SSSR count). The molecule has 108 valence electrons. The van der Waals surface area contributed by atoms with Crippen molar-refractivity contribution in [2.24, 2.45) is 5.92 Å². The van der Waals surface area contributed by atoms with Crippen LogP contribution in [0.4, 0.5) is 0 Å². The van der Waals surface area contributed by atoms with Gasteiger partial charge in [0.2, 0.25) is 0 Å². The van der Waals surface area contributed by atoms with Crippen molar-refractivity contribution < 1.29 is 5.11 Å². The van der Waals surface area contributed by atoms with Crippen LogP contribution in [0.3, 0.4) is 0 Å². The van der Waals surface area contributed by atoms with E-state index < -0.39 is 0 Å². The molecule has 0 radical (unpaired) electrons. The number of aromatic nitrogens is 2. The van der Waals surface area contributed by atoms with Crippen LogP contribution in [0, 0.1) is 5.92 Å². The van der Waals surface area contributed by atoms with Crippen LogP contribution in [0.5, 0.6) is 0 Å². The lowest BCUT2D eigenvalue weighted by atomic mass is 9.77. The van der Waals surface area contributed by atoms with Gasteiger partial charge in [-0.3, -0.25) is 4.68 Å². The molecule has 0 saturated heterocycles. The minimum Gasteiger partial charge on any atom is -0.394 e. The molecule has 19 heavy (non-hydrogen) atoms. The maximum Gasteiger partial charge on any atom is 0.0613 e. The van der Waals surface area contributed by atoms with Gasteiger partial charge in [-0.05, 0) is 32.6 Å². The Kier molecular flexibility index (Phi) is 4.63. The van der Waals surface area contributed by atoms with Crippen LogP contribution in [0.2, 0.25) is 0 Å². The molecule has 1 fully saturated rings. The second kappa shape index (κ2) is 6.06. The molecule has 1 aromatic rings. The number of rotatable bonds is 5. The van der Waals surface area contributed by atoms with E-state index in [1.807, 2.05) is 10.9 Å². The molecule has 1 aromatic heterocycles. The van der Waals surface area contributed by atoms with E-state index in [2.05, 4.69) is 37.4 Å². The fourth-order valence-electron chi connectivity index (χ4n) is 3.06. The third-order valence-corrected chi connectivity index (χ3v) is 4.25. The zero-order valence-corrected chi connectivity index (χ0v) is 12.4. The average molecular weight is 265 g/mol. The zero-order chi connectivity index (χ0) is 13.9. The van der Waals surface area contributed by atoms with Gasteiger partial charge in [0.25, 0.3) is 0 Å². The molecule has 0 amide bonds. The summed E-state index contributed by atoms with van der Waals surface area (Å²) in [5.74, 6) is 0.701. The monoisotopic (exact) mass is 265 g/mol. The fourth-order valence-corrected chi connectivity index (χ4v) is 3.06. The number of hydrogen-bond acceptors (Lipinski definition) is 3. The van der Waals surface area contributed by atoms with Gasteiger partial charge < -0.3 is 10.4 Å². The molecule has 0 aromatic carbocycles. The van der Waals surface area contributed by atoms with Crippen molar-refractivity contribution in [2.75, 3.05) is 6.61 Å². The largest absolute Gasteiger partial charge is 0.394 e. The summed E-state index contributed by atoms with van der Waals surface area (Å²) in [7, 11) is 0. The minimum absolute atomic E-state index is 0.0857. The highest BCUT2D eigenvalue weighted by atomic mass is 16.3. The van der Waals surface area contributed by atoms with Crippen LogP contribution in [-0.4, -0.2) is 27.0 Å². The van der Waals surface area contributed by atoms with E-state index in [0.29, 0.717) is 12.0 Å². The number of nitrogens with one attached hydrogen (secondary N) is 1. The Hall–Kier alpha value is -0.870. The normalized spacial score (nSPS) is 27.9. The third kappa shape index (κ3) is 3.57. The lowest BCUT2D eigenvalue weighted by Crippen LogP contribution is -2.51. The van der Waals surface area contributed by atoms with Gasteiger partial charge in [0, 0.05) is 29.9 Å². The summed E-state index contributed by atoms with van der Waals surface area (Å²) in [4.78, 5) is 0. The summed E-state index contributed by atoms with van der Waals surface area (Å²) >= 11 is 0. The maximum atomic E-state index is 9.75. The van der Waals surface area contributed by atoms with E-state index in [-0.39, 0.29) is 12.1 Å². The van der Waals surface area contributed by atoms with E-state index in [1.54, 1.807) is 0 Å². The Morgan fingerprint density at radius 1 is 1.58 bits per heavy atom. The fraction of sp³-hybridized carbons (Fsp3) is 0.800. The predicted molar refractivity (Wildman–Crippen MR) is 76.9 cm³/mol. The van der Waals surface area contributed by atoms with Crippen molar-refractivity contribution in [2.45, 2.75) is 64.6 Å². The smallest absolute Gasteiger partial charge is 0.0613 e. The molecule has 2 unspecified atom stereocenters. The van der Waals surface area contributed by atoms with E-state index in [0.717, 1.165) is 19.4 Å². The molecule has 0 aliphatic heterocycles. The van der Waals surface area contributed by atoms with E-state index in [4.69, 9.17) is 0 Å². The topological polar surface area (TPSA) is 50.1 Å². The van der Waals surface area contributed by atoms with Crippen LogP contribution in [-0.2, 0) is 6.54 Å². The standard InChI is InChI=1S/C15H27N3O/c1-12(2)18-10-14(9-17-18)8-16-15(11-19)6-4-5-13(3)7-15/h9-10,12-13,16,19H,4-8,11H2,1-3H3. The molecule has 1 heterocycles. The first-order chi connectivity index (χ1) is 9.04. The molecule has 1 aliphatic rings. The van der Waals surface area contributed by atoms with Crippen molar-refractivity contribution in [3.63, 3.8) is 0 Å². The lowest BCUT2D eigenvalue weighted by Gasteiger charge is -2.39. The molecule has 0 bridgehead atoms. The van der Waals surface area contributed by atoms with Gasteiger partial charge in [-0.2, -0.15) is 5.10 Å². The van der Waals surface area contributed by atoms with Crippen molar-refractivity contribution in [3.05, 3.63) is 18.0 Å². The van der Waals surface area contributed by atoms with Crippen molar-refractivity contribution in [1.29, 1.82) is 0 Å². The van der Waals surface area contributed by atoms with E-state index in [1.165, 1.54) is 18.4 Å². The molecule has 1 saturated carbocycles. The highest BCUT2D eigenvalue weighted by molar-refractivity contribution is 5.06. The van der Waals surface area contributed by atoms with Crippen LogP contribution < -0.4 is 5.32 Å². The van der Waals surface area contributed by atoms with Crippen molar-refractivity contribution >= 4 is 0 Å². The van der Waals surface area contributed by atoms with E-state index in [9.17, 15) is 5.11 Å². The van der Waals surface area contributed by atoms with Gasteiger partial charge in [0.1, 0.15) is 0 Å². The molecule has 1 aliphatic carbocycles. The Balaban J connectivity index is 1.95. The van der Waals surface area contributed by atoms with Gasteiger partial charge >= 0.3 is 0 Å². The summed E-state index contributed by atoms with van der Waals surface area (Å²) in [6, 6.07) is 0.398. The van der Waals surface area contributed by atoms with Crippen LogP contribution in [0.1, 0.15) is 58.1 Å². The molecule has 4 nitrogen and oxygen atoms in total. The van der Waals surface area contributed by atoms with Gasteiger partial charge in [0.15, 0.2) is 0 Å². The summed E-state index contributed by atoms with van der Waals surface area (Å²) in [6.45, 7) is 7.56. The quantitative estimate of drug-likeness (QED) is 0.860. The van der Waals surface area contributed by atoms with Gasteiger partial charge in [-0.25, -0.2) is 0 Å². The first-order valence-corrected chi connectivity index (χ1v) is 7.43. The van der Waals surface area contributed by atoms with Crippen molar-refractivity contribution in [1.82, 2.24) is 15.1 Å². The Morgan fingerprint density at radius 2 is 2.37 bits per heavy atom. The molecule has 0 spiro atoms. The Bertz CT molecular complexity index is 402. The zero-order valence-electron chi connectivity index (χ0n) is 12.4. The highest BCUT2D eigenvalue weighted by Gasteiger charge is 2.33. The number of nitrogens with zero attached hydrogens (tertiary/aromatic N) is 2. The van der Waals surface area contributed by atoms with Crippen LogP contribution in [0.15, 0.2) is 12.4 Å². The minimum atomic E-state index is -0.0857. The summed E-state index contributed by atoms with van der Waals surface area (Å²) in [6.07, 6.45) is 8.65. The first kappa shape index (κ1) is 14.5. The number of hydrogen-bond donors (Lipinski definition) is 2. The maximum absolute atomic E-state index is 9.75. The third-order valence-electron chi connectivity index (χ3n) is 4.25. The van der Waals surface area contributed by atoms with Gasteiger partial charge in [-0.1, -0.05) is 19.8 Å². The second-order valence-corrected chi connectivity index (χ2v) is 6.42. The van der Waals surface area contributed by atoms with Gasteiger partial charge in [-0.15, -0.1) is 0 Å². The highest BCUT2D eigenvalue weighted by Crippen LogP contribution is 2.32. The predicted octanol–water partition coefficient (Wildman–Crippen LogP) is 2.49. The van der Waals surface area contributed by atoms with Crippen molar-refractivity contribution in [3.8, 4) is 0 Å². The van der Waals surface area contributed by atoms with Gasteiger partial charge in [0.05, 0.1) is 12.8 Å². The number of aliphatic hydroxyl groups is 1. The molecule has 2 N–H and O–H groups in total. The summed E-state index contributed by atoms with van der Waals surface area (Å²) in [5, 5.41) is 17.7. The van der Waals surface area contributed by atoms with E-state index >= 15 is 0 Å². The average Bonchev–Trinajstić information content (AvgIpc) is 2.85. The number of aliphatic hydroxyl groups excluding tert-OH is 1. The van der Waals surface area contributed by atoms with Crippen LogP contribution >= 0.6 is 0 Å². The summed E-state index contributed by atoms with van der Waals surface area (Å²) < 4.78 is 1.98. The molecular formula is C15H27N3O. The SMILES string of the molecule is CC1CCCC(CO)(NCc2cnn(C(C)C)c2)C1. The Morgan fingerprint density at radius 3 is 2.95 bits per heavy atom. The second-order valence-electron chi connectivity index (χ2n) is 6.42. The lowest BCUT2D eigenvalue weighted by molar-refractivity contribution is 0.0982. The Labute approximate surface area is 116 Å². The van der Waals surface area contributed by atoms with Crippen LogP contribution in [0.25, 0.3) is 0 Å². The summed E-state index contributed by atoms with van der Waals surface area (Å²) in [5.41, 5.74) is 1.11. The molecular weight excluding hydrogens is 238 g/mol. The molecule has 4 heteroatoms. The molecule has 2 atom stereocenters. The first-order valence-electron chi connectivity index (χ1n) is 7.43.